The molecule has 0 aliphatic heterocycles. The van der Waals surface area contributed by atoms with E-state index in [1.165, 1.54) is 25.2 Å². The molecule has 28 heavy (non-hydrogen) atoms. The molecule has 0 heterocycles. The molecule has 0 fully saturated rings. The van der Waals surface area contributed by atoms with Gasteiger partial charge in [0.25, 0.3) is 0 Å². The van der Waals surface area contributed by atoms with Crippen molar-refractivity contribution < 1.29 is 13.2 Å². The molecule has 1 N–H and O–H groups in total. The summed E-state index contributed by atoms with van der Waals surface area (Å²) in [7, 11) is -0.863. The molecule has 2 aromatic rings. The smallest absolute Gasteiger partial charge is 0.304 e. The highest BCUT2D eigenvalue weighted by molar-refractivity contribution is 7.98. The van der Waals surface area contributed by atoms with Gasteiger partial charge in [-0.3, -0.25) is 4.79 Å². The molecule has 0 radical (unpaired) electrons. The number of nitrogens with one attached hydrogen (secondary N) is 1. The van der Waals surface area contributed by atoms with E-state index in [1.54, 1.807) is 42.1 Å². The van der Waals surface area contributed by atoms with Gasteiger partial charge >= 0.3 is 10.2 Å². The highest BCUT2D eigenvalue weighted by Crippen LogP contribution is 2.18. The van der Waals surface area contributed by atoms with Crippen LogP contribution in [0.3, 0.4) is 0 Å². The number of anilines is 1. The number of carbonyl (C=O) groups excluding carboxylic acids is 1. The monoisotopic (exact) mass is 421 g/mol. The molecule has 6 nitrogen and oxygen atoms in total. The largest absolute Gasteiger partial charge is 0.354 e. The molecule has 152 valence electrons. The Labute approximate surface area is 172 Å². The number of para-hydroxylation sites is 1. The minimum atomic E-state index is -3.76. The summed E-state index contributed by atoms with van der Waals surface area (Å²) in [5, 5.41) is 2.80. The zero-order valence-electron chi connectivity index (χ0n) is 16.5. The molecule has 0 bridgehead atoms. The first-order valence-electron chi connectivity index (χ1n) is 8.96. The van der Waals surface area contributed by atoms with E-state index in [0.717, 1.165) is 20.1 Å². The molecule has 2 rings (SSSR count). The number of thioether (sulfide) groups is 1. The van der Waals surface area contributed by atoms with Crippen LogP contribution in [0, 0.1) is 6.92 Å². The molecule has 0 saturated heterocycles. The number of benzene rings is 2. The van der Waals surface area contributed by atoms with E-state index in [4.69, 9.17) is 0 Å². The van der Waals surface area contributed by atoms with E-state index in [1.807, 2.05) is 0 Å². The van der Waals surface area contributed by atoms with Crippen molar-refractivity contribution in [1.29, 1.82) is 0 Å². The number of hydrogen-bond acceptors (Lipinski definition) is 4. The summed E-state index contributed by atoms with van der Waals surface area (Å²) in [6.45, 7) is 2.29. The van der Waals surface area contributed by atoms with E-state index in [0.29, 0.717) is 12.2 Å². The molecule has 2 aromatic carbocycles. The topological polar surface area (TPSA) is 69.7 Å². The molecular formula is C20H27N3O3S2. The second-order valence-electron chi connectivity index (χ2n) is 6.52. The van der Waals surface area contributed by atoms with E-state index in [-0.39, 0.29) is 12.5 Å². The van der Waals surface area contributed by atoms with E-state index < -0.39 is 10.2 Å². The molecular weight excluding hydrogens is 394 g/mol. The molecule has 0 aliphatic rings. The van der Waals surface area contributed by atoms with Crippen LogP contribution in [0.15, 0.2) is 54.6 Å². The Hall–Kier alpha value is -2.03. The summed E-state index contributed by atoms with van der Waals surface area (Å²) < 4.78 is 27.4. The molecule has 0 saturated carbocycles. The van der Waals surface area contributed by atoms with Crippen molar-refractivity contribution in [2.75, 3.05) is 37.2 Å². The van der Waals surface area contributed by atoms with Gasteiger partial charge in [-0.2, -0.15) is 24.5 Å². The summed E-state index contributed by atoms with van der Waals surface area (Å²) in [6, 6.07) is 17.0. The van der Waals surface area contributed by atoms with Gasteiger partial charge in [-0.05, 0) is 24.6 Å². The number of carbonyl (C=O) groups is 1. The number of rotatable bonds is 10. The van der Waals surface area contributed by atoms with Crippen molar-refractivity contribution in [2.45, 2.75) is 12.7 Å². The average molecular weight is 422 g/mol. The molecule has 1 amide bonds. The average Bonchev–Trinajstić information content (AvgIpc) is 2.67. The van der Waals surface area contributed by atoms with Gasteiger partial charge in [-0.25, -0.2) is 4.31 Å². The van der Waals surface area contributed by atoms with Gasteiger partial charge in [0.05, 0.1) is 5.69 Å². The van der Waals surface area contributed by atoms with Crippen molar-refractivity contribution in [1.82, 2.24) is 9.62 Å². The lowest BCUT2D eigenvalue weighted by molar-refractivity contribution is -0.119. The van der Waals surface area contributed by atoms with Crippen LogP contribution in [0.1, 0.15) is 11.1 Å². The predicted molar refractivity (Wildman–Crippen MR) is 117 cm³/mol. The van der Waals surface area contributed by atoms with Crippen LogP contribution in [0.5, 0.6) is 0 Å². The Balaban J connectivity index is 1.85. The van der Waals surface area contributed by atoms with Gasteiger partial charge in [0, 0.05) is 32.1 Å². The van der Waals surface area contributed by atoms with Gasteiger partial charge in [-0.15, -0.1) is 0 Å². The standard InChI is InChI=1S/C20H27N3O3S2/c1-17-9-11-18(12-10-17)16-27-14-13-21-20(24)15-23(28(25,26)22(2)3)19-7-5-4-6-8-19/h4-12H,13-16H2,1-3H3,(H,21,24). The van der Waals surface area contributed by atoms with E-state index in [2.05, 4.69) is 36.5 Å². The summed E-state index contributed by atoms with van der Waals surface area (Å²) in [5.74, 6) is 1.30. The summed E-state index contributed by atoms with van der Waals surface area (Å²) in [4.78, 5) is 12.3. The fraction of sp³-hybridized carbons (Fsp3) is 0.350. The fourth-order valence-corrected chi connectivity index (χ4v) is 4.30. The summed E-state index contributed by atoms with van der Waals surface area (Å²) in [6.07, 6.45) is 0. The van der Waals surface area contributed by atoms with Crippen LogP contribution in [0.25, 0.3) is 0 Å². The Morgan fingerprint density at radius 1 is 1.04 bits per heavy atom. The van der Waals surface area contributed by atoms with Gasteiger partial charge in [-0.1, -0.05) is 48.0 Å². The van der Waals surface area contributed by atoms with Crippen LogP contribution in [-0.4, -0.2) is 51.6 Å². The number of aryl methyl sites for hydroxylation is 1. The second-order valence-corrected chi connectivity index (χ2v) is 9.69. The SMILES string of the molecule is Cc1ccc(CSCCNC(=O)CN(c2ccccc2)S(=O)(=O)N(C)C)cc1. The van der Waals surface area contributed by atoms with Crippen LogP contribution in [-0.2, 0) is 20.8 Å². The number of hydrogen-bond donors (Lipinski definition) is 1. The third-order valence-corrected chi connectivity index (χ3v) is 6.88. The predicted octanol–water partition coefficient (Wildman–Crippen LogP) is 2.66. The lowest BCUT2D eigenvalue weighted by Crippen LogP contribution is -2.46. The molecule has 0 aromatic heterocycles. The molecule has 0 aliphatic carbocycles. The zero-order valence-corrected chi connectivity index (χ0v) is 18.1. The minimum Gasteiger partial charge on any atom is -0.354 e. The summed E-state index contributed by atoms with van der Waals surface area (Å²) in [5.41, 5.74) is 2.94. The molecule has 0 atom stereocenters. The lowest BCUT2D eigenvalue weighted by atomic mass is 10.2. The van der Waals surface area contributed by atoms with Crippen LogP contribution >= 0.6 is 11.8 Å². The van der Waals surface area contributed by atoms with Gasteiger partial charge < -0.3 is 5.32 Å². The molecule has 0 unspecified atom stereocenters. The Kier molecular flexibility index (Phi) is 8.35. The first-order chi connectivity index (χ1) is 13.3. The number of amides is 1. The third kappa shape index (κ3) is 6.54. The maximum absolute atomic E-state index is 12.6. The van der Waals surface area contributed by atoms with Crippen molar-refractivity contribution in [3.05, 3.63) is 65.7 Å². The first-order valence-corrected chi connectivity index (χ1v) is 11.5. The van der Waals surface area contributed by atoms with Crippen molar-refractivity contribution in [3.8, 4) is 0 Å². The highest BCUT2D eigenvalue weighted by atomic mass is 32.2. The van der Waals surface area contributed by atoms with Gasteiger partial charge in [0.2, 0.25) is 5.91 Å². The van der Waals surface area contributed by atoms with E-state index in [9.17, 15) is 13.2 Å². The normalized spacial score (nSPS) is 11.4. The highest BCUT2D eigenvalue weighted by Gasteiger charge is 2.26. The maximum Gasteiger partial charge on any atom is 0.304 e. The van der Waals surface area contributed by atoms with Crippen LogP contribution in [0.2, 0.25) is 0 Å². The number of nitrogens with zero attached hydrogens (tertiary/aromatic N) is 2. The minimum absolute atomic E-state index is 0.257. The first kappa shape index (κ1) is 22.3. The van der Waals surface area contributed by atoms with Crippen molar-refractivity contribution >= 4 is 33.6 Å². The zero-order chi connectivity index (χ0) is 20.6. The van der Waals surface area contributed by atoms with Crippen molar-refractivity contribution in [3.63, 3.8) is 0 Å². The van der Waals surface area contributed by atoms with E-state index >= 15 is 0 Å². The Morgan fingerprint density at radius 2 is 1.68 bits per heavy atom. The van der Waals surface area contributed by atoms with Crippen molar-refractivity contribution in [2.24, 2.45) is 0 Å². The Bertz CT molecular complexity index is 854. The fourth-order valence-electron chi connectivity index (χ4n) is 2.42. The van der Waals surface area contributed by atoms with Gasteiger partial charge in [0.15, 0.2) is 0 Å². The van der Waals surface area contributed by atoms with Crippen LogP contribution in [0.4, 0.5) is 5.69 Å². The molecule has 0 spiro atoms. The maximum atomic E-state index is 12.6. The van der Waals surface area contributed by atoms with Gasteiger partial charge in [0.1, 0.15) is 6.54 Å². The second kappa shape index (κ2) is 10.5. The quantitative estimate of drug-likeness (QED) is 0.599. The Morgan fingerprint density at radius 3 is 2.29 bits per heavy atom. The third-order valence-electron chi connectivity index (χ3n) is 4.03. The summed E-state index contributed by atoms with van der Waals surface area (Å²) >= 11 is 1.73. The molecule has 8 heteroatoms. The van der Waals surface area contributed by atoms with Crippen LogP contribution < -0.4 is 9.62 Å². The lowest BCUT2D eigenvalue weighted by Gasteiger charge is -2.26.